The first-order valence-corrected chi connectivity index (χ1v) is 5.97. The highest BCUT2D eigenvalue weighted by Crippen LogP contribution is 2.18. The van der Waals surface area contributed by atoms with Crippen molar-refractivity contribution < 1.29 is 19.4 Å². The van der Waals surface area contributed by atoms with E-state index in [-0.39, 0.29) is 17.5 Å². The average Bonchev–Trinajstić information content (AvgIpc) is 2.77. The van der Waals surface area contributed by atoms with Crippen LogP contribution in [0.3, 0.4) is 0 Å². The van der Waals surface area contributed by atoms with Crippen LogP contribution in [-0.2, 0) is 9.53 Å². The van der Waals surface area contributed by atoms with Crippen molar-refractivity contribution in [3.05, 3.63) is 29.3 Å². The summed E-state index contributed by atoms with van der Waals surface area (Å²) in [5.74, 6) is -1.66. The molecule has 0 radical (unpaired) electrons. The quantitative estimate of drug-likeness (QED) is 0.742. The van der Waals surface area contributed by atoms with Gasteiger partial charge in [-0.2, -0.15) is 0 Å². The lowest BCUT2D eigenvalue weighted by Crippen LogP contribution is -2.37. The van der Waals surface area contributed by atoms with Crippen LogP contribution in [0.2, 0.25) is 0 Å². The molecule has 1 aliphatic rings. The number of anilines is 1. The number of nitrogens with one attached hydrogen (secondary N) is 1. The highest BCUT2D eigenvalue weighted by atomic mass is 16.5. The number of rotatable bonds is 3. The third-order valence-electron chi connectivity index (χ3n) is 3.20. The van der Waals surface area contributed by atoms with E-state index in [4.69, 9.17) is 15.6 Å². The molecule has 1 amide bonds. The van der Waals surface area contributed by atoms with E-state index >= 15 is 0 Å². The summed E-state index contributed by atoms with van der Waals surface area (Å²) < 4.78 is 5.13. The molecule has 0 aromatic heterocycles. The Morgan fingerprint density at radius 1 is 1.42 bits per heavy atom. The van der Waals surface area contributed by atoms with Gasteiger partial charge in [0.25, 0.3) is 0 Å². The van der Waals surface area contributed by atoms with Gasteiger partial charge < -0.3 is 20.9 Å². The minimum Gasteiger partial charge on any atom is -0.478 e. The molecule has 1 aromatic rings. The molecule has 2 atom stereocenters. The number of amides is 1. The van der Waals surface area contributed by atoms with Crippen LogP contribution >= 0.6 is 0 Å². The molecule has 102 valence electrons. The van der Waals surface area contributed by atoms with Gasteiger partial charge in [0.05, 0.1) is 24.7 Å². The first-order valence-electron chi connectivity index (χ1n) is 5.97. The molecule has 6 nitrogen and oxygen atoms in total. The van der Waals surface area contributed by atoms with Crippen molar-refractivity contribution >= 4 is 17.6 Å². The lowest BCUT2D eigenvalue weighted by atomic mass is 10.0. The Bertz CT molecular complexity index is 515. The Morgan fingerprint density at radius 3 is 2.74 bits per heavy atom. The van der Waals surface area contributed by atoms with Gasteiger partial charge in [0, 0.05) is 11.7 Å². The van der Waals surface area contributed by atoms with Crippen LogP contribution in [0.25, 0.3) is 0 Å². The molecular weight excluding hydrogens is 248 g/mol. The summed E-state index contributed by atoms with van der Waals surface area (Å²) in [7, 11) is 0. The van der Waals surface area contributed by atoms with Gasteiger partial charge in [-0.15, -0.1) is 0 Å². The molecule has 6 heteroatoms. The van der Waals surface area contributed by atoms with Crippen molar-refractivity contribution in [1.29, 1.82) is 0 Å². The van der Waals surface area contributed by atoms with Crippen molar-refractivity contribution in [2.45, 2.75) is 13.0 Å². The van der Waals surface area contributed by atoms with Crippen molar-refractivity contribution in [3.8, 4) is 0 Å². The second-order valence-corrected chi connectivity index (χ2v) is 4.63. The van der Waals surface area contributed by atoms with Gasteiger partial charge in [-0.05, 0) is 24.6 Å². The number of carboxylic acid groups (broad SMARTS) is 1. The number of carbonyl (C=O) groups excluding carboxylic acids is 1. The zero-order chi connectivity index (χ0) is 14.0. The SMILES string of the molecule is Cc1ccc(NC(=O)C2COCC2N)cc1C(=O)O. The molecule has 0 aliphatic carbocycles. The van der Waals surface area contributed by atoms with Gasteiger partial charge >= 0.3 is 5.97 Å². The molecule has 1 saturated heterocycles. The molecule has 1 aromatic carbocycles. The summed E-state index contributed by atoms with van der Waals surface area (Å²) in [6.07, 6.45) is 0. The Hall–Kier alpha value is -1.92. The molecule has 0 bridgehead atoms. The third kappa shape index (κ3) is 2.91. The maximum atomic E-state index is 12.0. The molecule has 1 fully saturated rings. The number of hydrogen-bond acceptors (Lipinski definition) is 4. The van der Waals surface area contributed by atoms with Crippen molar-refractivity contribution in [2.24, 2.45) is 11.7 Å². The van der Waals surface area contributed by atoms with Crippen molar-refractivity contribution in [2.75, 3.05) is 18.5 Å². The number of aromatic carboxylic acids is 1. The van der Waals surface area contributed by atoms with Gasteiger partial charge in [-0.1, -0.05) is 6.07 Å². The Labute approximate surface area is 110 Å². The minimum atomic E-state index is -1.02. The second-order valence-electron chi connectivity index (χ2n) is 4.63. The number of aryl methyl sites for hydroxylation is 1. The summed E-state index contributed by atoms with van der Waals surface area (Å²) in [6.45, 7) is 2.37. The van der Waals surface area contributed by atoms with Gasteiger partial charge in [0.15, 0.2) is 0 Å². The molecule has 0 spiro atoms. The predicted molar refractivity (Wildman–Crippen MR) is 69.1 cm³/mol. The van der Waals surface area contributed by atoms with Gasteiger partial charge in [-0.25, -0.2) is 4.79 Å². The van der Waals surface area contributed by atoms with E-state index in [9.17, 15) is 9.59 Å². The highest BCUT2D eigenvalue weighted by Gasteiger charge is 2.31. The summed E-state index contributed by atoms with van der Waals surface area (Å²) in [5.41, 5.74) is 7.02. The van der Waals surface area contributed by atoms with Crippen LogP contribution < -0.4 is 11.1 Å². The molecule has 4 N–H and O–H groups in total. The molecule has 2 unspecified atom stereocenters. The predicted octanol–water partition coefficient (Wildman–Crippen LogP) is 0.605. The lowest BCUT2D eigenvalue weighted by Gasteiger charge is -2.14. The lowest BCUT2D eigenvalue weighted by molar-refractivity contribution is -0.120. The van der Waals surface area contributed by atoms with E-state index in [1.165, 1.54) is 6.07 Å². The molecule has 2 rings (SSSR count). The summed E-state index contributed by atoms with van der Waals surface area (Å²) in [4.78, 5) is 23.0. The van der Waals surface area contributed by atoms with E-state index in [1.54, 1.807) is 19.1 Å². The highest BCUT2D eigenvalue weighted by molar-refractivity contribution is 5.96. The molecule has 0 saturated carbocycles. The second kappa shape index (κ2) is 5.38. The number of ether oxygens (including phenoxy) is 1. The smallest absolute Gasteiger partial charge is 0.336 e. The maximum Gasteiger partial charge on any atom is 0.336 e. The third-order valence-corrected chi connectivity index (χ3v) is 3.20. The zero-order valence-electron chi connectivity index (χ0n) is 10.6. The summed E-state index contributed by atoms with van der Waals surface area (Å²) in [5, 5.41) is 11.7. The molecular formula is C13H16N2O4. The maximum absolute atomic E-state index is 12.0. The van der Waals surface area contributed by atoms with Crippen LogP contribution in [0, 0.1) is 12.8 Å². The fourth-order valence-electron chi connectivity index (χ4n) is 2.01. The number of hydrogen-bond donors (Lipinski definition) is 3. The fourth-order valence-corrected chi connectivity index (χ4v) is 2.01. The van der Waals surface area contributed by atoms with E-state index < -0.39 is 11.9 Å². The first kappa shape index (κ1) is 13.5. The minimum absolute atomic E-state index is 0.171. The normalized spacial score (nSPS) is 22.2. The summed E-state index contributed by atoms with van der Waals surface area (Å²) >= 11 is 0. The Morgan fingerprint density at radius 2 is 2.16 bits per heavy atom. The van der Waals surface area contributed by atoms with E-state index in [0.29, 0.717) is 24.5 Å². The van der Waals surface area contributed by atoms with Gasteiger partial charge in [-0.3, -0.25) is 4.79 Å². The molecule has 19 heavy (non-hydrogen) atoms. The van der Waals surface area contributed by atoms with Gasteiger partial charge in [0.1, 0.15) is 0 Å². The zero-order valence-corrected chi connectivity index (χ0v) is 10.6. The summed E-state index contributed by atoms with van der Waals surface area (Å²) in [6, 6.07) is 4.45. The standard InChI is InChI=1S/C13H16N2O4/c1-7-2-3-8(4-9(7)13(17)18)15-12(16)10-5-19-6-11(10)14/h2-4,10-11H,5-6,14H2,1H3,(H,15,16)(H,17,18). The number of benzene rings is 1. The van der Waals surface area contributed by atoms with Crippen LogP contribution in [0.15, 0.2) is 18.2 Å². The topological polar surface area (TPSA) is 102 Å². The number of carboxylic acids is 1. The number of carbonyl (C=O) groups is 2. The Balaban J connectivity index is 2.13. The van der Waals surface area contributed by atoms with Crippen LogP contribution in [0.5, 0.6) is 0 Å². The Kier molecular flexibility index (Phi) is 3.82. The van der Waals surface area contributed by atoms with Crippen LogP contribution in [-0.4, -0.2) is 36.2 Å². The van der Waals surface area contributed by atoms with Crippen LogP contribution in [0.1, 0.15) is 15.9 Å². The van der Waals surface area contributed by atoms with E-state index in [0.717, 1.165) is 0 Å². The van der Waals surface area contributed by atoms with E-state index in [2.05, 4.69) is 5.32 Å². The average molecular weight is 264 g/mol. The first-order chi connectivity index (χ1) is 8.99. The van der Waals surface area contributed by atoms with Crippen molar-refractivity contribution in [1.82, 2.24) is 0 Å². The van der Waals surface area contributed by atoms with Crippen molar-refractivity contribution in [3.63, 3.8) is 0 Å². The fraction of sp³-hybridized carbons (Fsp3) is 0.385. The largest absolute Gasteiger partial charge is 0.478 e. The monoisotopic (exact) mass is 264 g/mol. The van der Waals surface area contributed by atoms with Gasteiger partial charge in [0.2, 0.25) is 5.91 Å². The van der Waals surface area contributed by atoms with Crippen LogP contribution in [0.4, 0.5) is 5.69 Å². The number of nitrogens with two attached hydrogens (primary N) is 1. The molecule has 1 heterocycles. The molecule has 1 aliphatic heterocycles. The van der Waals surface area contributed by atoms with E-state index in [1.807, 2.05) is 0 Å².